The Hall–Kier alpha value is -1.55. The van der Waals surface area contributed by atoms with Crippen molar-refractivity contribution in [2.45, 2.75) is 0 Å². The molecule has 1 aromatic carbocycles. The van der Waals surface area contributed by atoms with Gasteiger partial charge in [0.25, 0.3) is 0 Å². The molecule has 0 saturated carbocycles. The van der Waals surface area contributed by atoms with Crippen LogP contribution in [0.15, 0.2) is 30.5 Å². The number of benzene rings is 1. The number of nitrogens with one attached hydrogen (secondary N) is 1. The fourth-order valence-electron chi connectivity index (χ4n) is 0.882. The monoisotopic (exact) mass is 149 g/mol. The predicted molar refractivity (Wildman–Crippen MR) is 38.0 cm³/mol. The van der Waals surface area contributed by atoms with Crippen molar-refractivity contribution in [2.75, 3.05) is 0 Å². The second-order valence-corrected chi connectivity index (χ2v) is 2.03. The first-order valence-electron chi connectivity index (χ1n) is 3.05. The fraction of sp³-hybridized carbons (Fsp3) is 0. The van der Waals surface area contributed by atoms with Gasteiger partial charge in [0.05, 0.1) is 10.5 Å². The van der Waals surface area contributed by atoms with E-state index in [4.69, 9.17) is 0 Å². The topological polar surface area (TPSA) is 69.9 Å². The fourth-order valence-corrected chi connectivity index (χ4v) is 0.882. The molecule has 4 heteroatoms. The minimum absolute atomic E-state index is 0. The first-order chi connectivity index (χ1) is 4.97. The molecule has 0 aliphatic rings. The predicted octanol–water partition coefficient (Wildman–Crippen LogP) is 0.267. The molecule has 0 bridgehead atoms. The van der Waals surface area contributed by atoms with Crippen LogP contribution >= 0.6 is 0 Å². The third-order valence-corrected chi connectivity index (χ3v) is 1.37. The van der Waals surface area contributed by atoms with Gasteiger partial charge in [0.15, 0.2) is 0 Å². The molecule has 11 heavy (non-hydrogen) atoms. The Balaban J connectivity index is 0.000000605. The Morgan fingerprint density at radius 3 is 2.82 bits per heavy atom. The number of H-pyrrole nitrogens is 1. The highest BCUT2D eigenvalue weighted by molar-refractivity contribution is 5.75. The van der Waals surface area contributed by atoms with Crippen molar-refractivity contribution in [2.24, 2.45) is 0 Å². The molecule has 0 aliphatic carbocycles. The number of hydrogen-bond acceptors (Lipinski definition) is 3. The lowest BCUT2D eigenvalue weighted by Crippen LogP contribution is -2.08. The summed E-state index contributed by atoms with van der Waals surface area (Å²) in [5.74, 6) is 0. The molecule has 2 rings (SSSR count). The smallest absolute Gasteiger partial charge is 0.214 e. The minimum atomic E-state index is 0. The lowest BCUT2D eigenvalue weighted by Gasteiger charge is -1.82. The number of fused-ring (bicyclic) bond motifs is 1. The highest BCUT2D eigenvalue weighted by atomic mass is 16.0. The van der Waals surface area contributed by atoms with Crippen LogP contribution in [0.2, 0.25) is 0 Å². The molecule has 0 radical (unpaired) electrons. The van der Waals surface area contributed by atoms with Crippen LogP contribution in [0.3, 0.4) is 0 Å². The third-order valence-electron chi connectivity index (χ3n) is 1.37. The zero-order valence-electron chi connectivity index (χ0n) is 5.73. The molecule has 1 aromatic heterocycles. The summed E-state index contributed by atoms with van der Waals surface area (Å²) in [6, 6.07) is 7.82. The molecule has 0 aliphatic heterocycles. The minimum Gasteiger partial charge on any atom is -0.870 e. The van der Waals surface area contributed by atoms with Gasteiger partial charge in [-0.1, -0.05) is 12.1 Å². The number of aromatic amines is 1. The number of aromatic nitrogens is 3. The van der Waals surface area contributed by atoms with Gasteiger partial charge in [-0.25, -0.2) is 0 Å². The molecule has 1 heterocycles. The summed E-state index contributed by atoms with van der Waals surface area (Å²) in [5.41, 5.74) is 0.918. The van der Waals surface area contributed by atoms with Crippen LogP contribution in [-0.4, -0.2) is 15.8 Å². The number of hydrogen-bond donors (Lipinski definition) is 0. The zero-order chi connectivity index (χ0) is 6.81. The van der Waals surface area contributed by atoms with Crippen molar-refractivity contribution in [3.05, 3.63) is 30.5 Å². The first kappa shape index (κ1) is 7.56. The largest absolute Gasteiger partial charge is 0.870 e. The van der Waals surface area contributed by atoms with Crippen molar-refractivity contribution in [1.29, 1.82) is 0 Å². The van der Waals surface area contributed by atoms with Crippen molar-refractivity contribution < 1.29 is 10.6 Å². The maximum Gasteiger partial charge on any atom is 0.214 e. The Morgan fingerprint density at radius 2 is 2.00 bits per heavy atom. The number of nitrogens with zero attached hydrogens (tertiary/aromatic N) is 2. The molecule has 0 saturated heterocycles. The van der Waals surface area contributed by atoms with Gasteiger partial charge in [-0.15, -0.1) is 0 Å². The SMILES string of the molecule is [OH-].c1ccc2nn[nH+]cc2c1. The lowest BCUT2D eigenvalue weighted by atomic mass is 10.2. The standard InChI is InChI=1S/C7H5N3.H2O/c1-2-4-7-6(3-1)5-8-10-9-7;/h1-5H;1H2. The second kappa shape index (κ2) is 3.03. The van der Waals surface area contributed by atoms with E-state index >= 15 is 0 Å². The van der Waals surface area contributed by atoms with Crippen LogP contribution in [0.25, 0.3) is 10.9 Å². The van der Waals surface area contributed by atoms with Gasteiger partial charge < -0.3 is 5.48 Å². The van der Waals surface area contributed by atoms with Crippen molar-refractivity contribution in [3.8, 4) is 0 Å². The van der Waals surface area contributed by atoms with Gasteiger partial charge in [0.1, 0.15) is 11.4 Å². The van der Waals surface area contributed by atoms with Gasteiger partial charge in [-0.3, -0.25) is 0 Å². The van der Waals surface area contributed by atoms with E-state index in [-0.39, 0.29) is 5.48 Å². The summed E-state index contributed by atoms with van der Waals surface area (Å²) >= 11 is 0. The highest BCUT2D eigenvalue weighted by Crippen LogP contribution is 2.04. The molecule has 56 valence electrons. The van der Waals surface area contributed by atoms with Gasteiger partial charge in [-0.2, -0.15) is 5.10 Å². The van der Waals surface area contributed by atoms with Crippen molar-refractivity contribution >= 4 is 10.9 Å². The van der Waals surface area contributed by atoms with Crippen LogP contribution < -0.4 is 5.10 Å². The van der Waals surface area contributed by atoms with E-state index < -0.39 is 0 Å². The summed E-state index contributed by atoms with van der Waals surface area (Å²) in [4.78, 5) is 0. The summed E-state index contributed by atoms with van der Waals surface area (Å²) in [5, 5.41) is 11.3. The van der Waals surface area contributed by atoms with Gasteiger partial charge in [0, 0.05) is 0 Å². The van der Waals surface area contributed by atoms with Crippen LogP contribution in [0, 0.1) is 0 Å². The van der Waals surface area contributed by atoms with E-state index in [2.05, 4.69) is 15.4 Å². The Labute approximate surface area is 63.2 Å². The molecule has 2 N–H and O–H groups in total. The van der Waals surface area contributed by atoms with E-state index in [1.165, 1.54) is 0 Å². The quantitative estimate of drug-likeness (QED) is 0.539. The van der Waals surface area contributed by atoms with Crippen LogP contribution in [-0.2, 0) is 0 Å². The van der Waals surface area contributed by atoms with E-state index in [9.17, 15) is 0 Å². The molecule has 0 amide bonds. The van der Waals surface area contributed by atoms with Gasteiger partial charge >= 0.3 is 0 Å². The lowest BCUT2D eigenvalue weighted by molar-refractivity contribution is -0.461. The molecule has 0 atom stereocenters. The van der Waals surface area contributed by atoms with Gasteiger partial charge in [-0.05, 0) is 12.1 Å². The van der Waals surface area contributed by atoms with Gasteiger partial charge in [0.2, 0.25) is 5.52 Å². The summed E-state index contributed by atoms with van der Waals surface area (Å²) in [6.45, 7) is 0. The van der Waals surface area contributed by atoms with Crippen LogP contribution in [0.5, 0.6) is 0 Å². The zero-order valence-corrected chi connectivity index (χ0v) is 5.73. The van der Waals surface area contributed by atoms with Crippen LogP contribution in [0.4, 0.5) is 0 Å². The van der Waals surface area contributed by atoms with E-state index in [1.54, 1.807) is 0 Å². The normalized spacial score (nSPS) is 9.09. The van der Waals surface area contributed by atoms with Crippen LogP contribution in [0.1, 0.15) is 0 Å². The highest BCUT2D eigenvalue weighted by Gasteiger charge is 1.96. The van der Waals surface area contributed by atoms with E-state index in [0.717, 1.165) is 10.9 Å². The maximum absolute atomic E-state index is 3.88. The van der Waals surface area contributed by atoms with E-state index in [0.29, 0.717) is 0 Å². The second-order valence-electron chi connectivity index (χ2n) is 2.03. The molecular formula is C7H7N3O. The third kappa shape index (κ3) is 1.30. The number of rotatable bonds is 0. The Morgan fingerprint density at radius 1 is 1.18 bits per heavy atom. The molecule has 0 fully saturated rings. The molecular weight excluding hydrogens is 142 g/mol. The first-order valence-corrected chi connectivity index (χ1v) is 3.05. The van der Waals surface area contributed by atoms with E-state index in [1.807, 2.05) is 30.5 Å². The summed E-state index contributed by atoms with van der Waals surface area (Å²) in [7, 11) is 0. The summed E-state index contributed by atoms with van der Waals surface area (Å²) < 4.78 is 0. The average molecular weight is 149 g/mol. The maximum atomic E-state index is 3.88. The average Bonchev–Trinajstić information content (AvgIpc) is 2.05. The Bertz CT molecular complexity index is 285. The molecule has 0 spiro atoms. The van der Waals surface area contributed by atoms with Crippen molar-refractivity contribution in [3.63, 3.8) is 0 Å². The summed E-state index contributed by atoms with van der Waals surface area (Å²) in [6.07, 6.45) is 1.82. The van der Waals surface area contributed by atoms with Crippen molar-refractivity contribution in [1.82, 2.24) is 10.3 Å². The molecule has 4 nitrogen and oxygen atoms in total. The molecule has 0 unspecified atom stereocenters. The Kier molecular flexibility index (Phi) is 2.08. The molecule has 2 aromatic rings.